The van der Waals surface area contributed by atoms with Crippen LogP contribution in [0.5, 0.6) is 0 Å². The van der Waals surface area contributed by atoms with Crippen molar-refractivity contribution < 1.29 is 5.11 Å². The Bertz CT molecular complexity index is 507. The van der Waals surface area contributed by atoms with Crippen molar-refractivity contribution in [3.05, 3.63) is 34.9 Å². The zero-order valence-corrected chi connectivity index (χ0v) is 12.2. The third-order valence-corrected chi connectivity index (χ3v) is 4.32. The molecule has 0 amide bonds. The average molecular weight is 260 g/mol. The topological polar surface area (TPSA) is 58.3 Å². The van der Waals surface area contributed by atoms with E-state index in [0.29, 0.717) is 6.04 Å². The molecule has 1 aromatic rings. The van der Waals surface area contributed by atoms with Crippen LogP contribution in [-0.2, 0) is 0 Å². The van der Waals surface area contributed by atoms with Crippen molar-refractivity contribution in [3.63, 3.8) is 0 Å². The number of nitrogen functional groups attached to an aromatic ring is 1. The zero-order chi connectivity index (χ0) is 14.2. The van der Waals surface area contributed by atoms with Gasteiger partial charge in [0, 0.05) is 17.4 Å². The first kappa shape index (κ1) is 13.9. The van der Waals surface area contributed by atoms with Gasteiger partial charge in [-0.2, -0.15) is 0 Å². The molecule has 4 N–H and O–H groups in total. The molecule has 19 heavy (non-hydrogen) atoms. The third-order valence-electron chi connectivity index (χ3n) is 4.32. The SMILES string of the molecule is CC1=C(C)C(O)C(C)CC1Nc1ccc(N)cc1C. The Labute approximate surface area is 115 Å². The molecule has 0 saturated heterocycles. The van der Waals surface area contributed by atoms with Gasteiger partial charge in [0.25, 0.3) is 0 Å². The zero-order valence-electron chi connectivity index (χ0n) is 12.2. The van der Waals surface area contributed by atoms with Crippen LogP contribution in [0.3, 0.4) is 0 Å². The fourth-order valence-electron chi connectivity index (χ4n) is 2.82. The molecule has 3 heteroatoms. The van der Waals surface area contributed by atoms with E-state index in [-0.39, 0.29) is 12.0 Å². The van der Waals surface area contributed by atoms with Crippen LogP contribution in [0.4, 0.5) is 11.4 Å². The molecular weight excluding hydrogens is 236 g/mol. The third kappa shape index (κ3) is 2.76. The van der Waals surface area contributed by atoms with Crippen LogP contribution in [-0.4, -0.2) is 17.3 Å². The van der Waals surface area contributed by atoms with Crippen LogP contribution in [0.25, 0.3) is 0 Å². The molecule has 3 unspecified atom stereocenters. The highest BCUT2D eigenvalue weighted by Crippen LogP contribution is 2.32. The number of aliphatic hydroxyl groups excluding tert-OH is 1. The minimum absolute atomic E-state index is 0.287. The van der Waals surface area contributed by atoms with Gasteiger partial charge in [0.1, 0.15) is 0 Å². The van der Waals surface area contributed by atoms with Crippen molar-refractivity contribution in [2.45, 2.75) is 46.3 Å². The molecular formula is C16H24N2O. The first-order valence-electron chi connectivity index (χ1n) is 6.88. The molecule has 1 aliphatic carbocycles. The van der Waals surface area contributed by atoms with Gasteiger partial charge in [-0.05, 0) is 68.0 Å². The highest BCUT2D eigenvalue weighted by Gasteiger charge is 2.29. The van der Waals surface area contributed by atoms with E-state index in [2.05, 4.69) is 26.1 Å². The van der Waals surface area contributed by atoms with Crippen LogP contribution in [0, 0.1) is 12.8 Å². The van der Waals surface area contributed by atoms with Crippen LogP contribution in [0.2, 0.25) is 0 Å². The molecule has 0 fully saturated rings. The maximum atomic E-state index is 10.1. The largest absolute Gasteiger partial charge is 0.399 e. The lowest BCUT2D eigenvalue weighted by Gasteiger charge is -2.35. The van der Waals surface area contributed by atoms with Crippen molar-refractivity contribution >= 4 is 11.4 Å². The molecule has 1 aliphatic rings. The van der Waals surface area contributed by atoms with Crippen molar-refractivity contribution in [1.82, 2.24) is 0 Å². The fourth-order valence-corrected chi connectivity index (χ4v) is 2.82. The second-order valence-electron chi connectivity index (χ2n) is 5.80. The minimum Gasteiger partial charge on any atom is -0.399 e. The molecule has 0 aromatic heterocycles. The summed E-state index contributed by atoms with van der Waals surface area (Å²) in [4.78, 5) is 0. The molecule has 2 rings (SSSR count). The number of aryl methyl sites for hydroxylation is 1. The van der Waals surface area contributed by atoms with E-state index in [4.69, 9.17) is 5.73 Å². The molecule has 1 aromatic carbocycles. The molecule has 0 saturated carbocycles. The Morgan fingerprint density at radius 1 is 1.21 bits per heavy atom. The predicted molar refractivity (Wildman–Crippen MR) is 81.2 cm³/mol. The number of aliphatic hydroxyl groups is 1. The van der Waals surface area contributed by atoms with Crippen molar-refractivity contribution in [1.29, 1.82) is 0 Å². The lowest BCUT2D eigenvalue weighted by molar-refractivity contribution is 0.133. The second kappa shape index (κ2) is 5.25. The summed E-state index contributed by atoms with van der Waals surface area (Å²) in [6, 6.07) is 6.22. The first-order valence-corrected chi connectivity index (χ1v) is 6.88. The van der Waals surface area contributed by atoms with Crippen molar-refractivity contribution in [3.8, 4) is 0 Å². The Hall–Kier alpha value is -1.48. The standard InChI is InChI=1S/C16H24N2O/c1-9-7-13(17)5-6-14(9)18-15-8-10(2)16(19)12(4)11(15)3/h5-7,10,15-16,18-19H,8,17H2,1-4H3. The minimum atomic E-state index is -0.300. The summed E-state index contributed by atoms with van der Waals surface area (Å²) in [6.07, 6.45) is 0.652. The van der Waals surface area contributed by atoms with E-state index in [1.807, 2.05) is 25.1 Å². The van der Waals surface area contributed by atoms with E-state index in [0.717, 1.165) is 28.9 Å². The van der Waals surface area contributed by atoms with Crippen LogP contribution < -0.4 is 11.1 Å². The molecule has 104 valence electrons. The summed E-state index contributed by atoms with van der Waals surface area (Å²) in [7, 11) is 0. The fraction of sp³-hybridized carbons (Fsp3) is 0.500. The molecule has 0 aliphatic heterocycles. The number of nitrogens with one attached hydrogen (secondary N) is 1. The second-order valence-corrected chi connectivity index (χ2v) is 5.80. The first-order chi connectivity index (χ1) is 8.90. The van der Waals surface area contributed by atoms with E-state index in [1.54, 1.807) is 0 Å². The Kier molecular flexibility index (Phi) is 3.85. The summed E-state index contributed by atoms with van der Waals surface area (Å²) < 4.78 is 0. The molecule has 0 radical (unpaired) electrons. The lowest BCUT2D eigenvalue weighted by Crippen LogP contribution is -2.36. The normalized spacial score (nSPS) is 27.5. The summed E-state index contributed by atoms with van der Waals surface area (Å²) in [6.45, 7) is 8.30. The van der Waals surface area contributed by atoms with Gasteiger partial charge in [-0.15, -0.1) is 0 Å². The van der Waals surface area contributed by atoms with Gasteiger partial charge in [-0.3, -0.25) is 0 Å². The van der Waals surface area contributed by atoms with E-state index in [1.165, 1.54) is 5.57 Å². The van der Waals surface area contributed by atoms with E-state index >= 15 is 0 Å². The lowest BCUT2D eigenvalue weighted by atomic mass is 9.80. The van der Waals surface area contributed by atoms with Gasteiger partial charge in [-0.25, -0.2) is 0 Å². The molecule has 0 bridgehead atoms. The van der Waals surface area contributed by atoms with Gasteiger partial charge in [0.15, 0.2) is 0 Å². The monoisotopic (exact) mass is 260 g/mol. The van der Waals surface area contributed by atoms with Crippen LogP contribution >= 0.6 is 0 Å². The summed E-state index contributed by atoms with van der Waals surface area (Å²) in [5.41, 5.74) is 11.2. The highest BCUT2D eigenvalue weighted by molar-refractivity contribution is 5.58. The molecule has 3 nitrogen and oxygen atoms in total. The smallest absolute Gasteiger partial charge is 0.0777 e. The van der Waals surface area contributed by atoms with Gasteiger partial charge in [-0.1, -0.05) is 6.92 Å². The summed E-state index contributed by atoms with van der Waals surface area (Å²) in [5.74, 6) is 0.287. The van der Waals surface area contributed by atoms with Gasteiger partial charge in [0.2, 0.25) is 0 Å². The quantitative estimate of drug-likeness (QED) is 0.565. The number of anilines is 2. The van der Waals surface area contributed by atoms with Gasteiger partial charge in [0.05, 0.1) is 6.10 Å². The maximum absolute atomic E-state index is 10.1. The number of rotatable bonds is 2. The summed E-state index contributed by atoms with van der Waals surface area (Å²) >= 11 is 0. The van der Waals surface area contributed by atoms with E-state index < -0.39 is 0 Å². The van der Waals surface area contributed by atoms with Crippen LogP contribution in [0.15, 0.2) is 29.3 Å². The van der Waals surface area contributed by atoms with Gasteiger partial charge < -0.3 is 16.2 Å². The van der Waals surface area contributed by atoms with Crippen molar-refractivity contribution in [2.24, 2.45) is 5.92 Å². The van der Waals surface area contributed by atoms with E-state index in [9.17, 15) is 5.11 Å². The molecule has 0 spiro atoms. The van der Waals surface area contributed by atoms with Crippen LogP contribution in [0.1, 0.15) is 32.8 Å². The van der Waals surface area contributed by atoms with Crippen molar-refractivity contribution in [2.75, 3.05) is 11.1 Å². The highest BCUT2D eigenvalue weighted by atomic mass is 16.3. The Morgan fingerprint density at radius 3 is 2.53 bits per heavy atom. The molecule has 0 heterocycles. The average Bonchev–Trinajstić information content (AvgIpc) is 2.36. The number of nitrogens with two attached hydrogens (primary N) is 1. The van der Waals surface area contributed by atoms with Gasteiger partial charge >= 0.3 is 0 Å². The maximum Gasteiger partial charge on any atom is 0.0777 e. The molecule has 3 atom stereocenters. The summed E-state index contributed by atoms with van der Waals surface area (Å²) in [5, 5.41) is 13.7. The Balaban J connectivity index is 2.24. The number of hydrogen-bond donors (Lipinski definition) is 3. The Morgan fingerprint density at radius 2 is 1.89 bits per heavy atom. The number of benzene rings is 1. The predicted octanol–water partition coefficient (Wildman–Crippen LogP) is 3.09. The number of hydrogen-bond acceptors (Lipinski definition) is 3.